The number of piperidine rings is 1. The molecule has 0 radical (unpaired) electrons. The highest BCUT2D eigenvalue weighted by Gasteiger charge is 2.21. The third-order valence-electron chi connectivity index (χ3n) is 4.68. The number of aryl methyl sites for hydroxylation is 1. The van der Waals surface area contributed by atoms with Gasteiger partial charge in [0.1, 0.15) is 5.01 Å². The Labute approximate surface area is 160 Å². The molecule has 0 aliphatic carbocycles. The molecule has 1 aromatic heterocycles. The number of nitrogens with one attached hydrogen (secondary N) is 1. The van der Waals surface area contributed by atoms with E-state index in [-0.39, 0.29) is 0 Å². The van der Waals surface area contributed by atoms with Crippen molar-refractivity contribution in [2.75, 3.05) is 26.7 Å². The number of likely N-dealkylation sites (tertiary alicyclic amines) is 1. The van der Waals surface area contributed by atoms with Crippen LogP contribution in [-0.2, 0) is 11.3 Å². The summed E-state index contributed by atoms with van der Waals surface area (Å²) < 4.78 is 5.74. The smallest absolute Gasteiger partial charge is 0.193 e. The number of thiazole rings is 1. The first-order valence-corrected chi connectivity index (χ1v) is 10.1. The average molecular weight is 373 g/mol. The third-order valence-corrected chi connectivity index (χ3v) is 5.88. The number of benzene rings is 1. The maximum absolute atomic E-state index is 5.74. The molecule has 6 heteroatoms. The fourth-order valence-electron chi connectivity index (χ4n) is 3.26. The predicted octanol–water partition coefficient (Wildman–Crippen LogP) is 3.69. The molecule has 0 amide bonds. The number of hydrogen-bond acceptors (Lipinski definition) is 4. The molecule has 1 saturated heterocycles. The average Bonchev–Trinajstić information content (AvgIpc) is 3.05. The fourth-order valence-corrected chi connectivity index (χ4v) is 4.27. The van der Waals surface area contributed by atoms with Gasteiger partial charge in [0.2, 0.25) is 0 Å². The van der Waals surface area contributed by atoms with Crippen LogP contribution in [0.4, 0.5) is 0 Å². The van der Waals surface area contributed by atoms with E-state index in [0.29, 0.717) is 6.10 Å². The summed E-state index contributed by atoms with van der Waals surface area (Å²) in [4.78, 5) is 12.8. The maximum atomic E-state index is 5.74. The van der Waals surface area contributed by atoms with Crippen LogP contribution in [0.2, 0.25) is 0 Å². The number of rotatable bonds is 5. The van der Waals surface area contributed by atoms with Crippen molar-refractivity contribution in [3.05, 3.63) is 40.9 Å². The van der Waals surface area contributed by atoms with Crippen LogP contribution < -0.4 is 5.32 Å². The van der Waals surface area contributed by atoms with Gasteiger partial charge in [0.25, 0.3) is 0 Å². The van der Waals surface area contributed by atoms with E-state index in [1.54, 1.807) is 11.3 Å². The second-order valence-electron chi connectivity index (χ2n) is 6.44. The third kappa shape index (κ3) is 4.62. The largest absolute Gasteiger partial charge is 0.378 e. The van der Waals surface area contributed by atoms with Crippen molar-refractivity contribution >= 4 is 17.3 Å². The zero-order chi connectivity index (χ0) is 18.4. The first kappa shape index (κ1) is 18.9. The molecule has 1 aliphatic heterocycles. The van der Waals surface area contributed by atoms with Crippen LogP contribution in [0, 0.1) is 6.92 Å². The van der Waals surface area contributed by atoms with Crippen LogP contribution in [-0.4, -0.2) is 48.7 Å². The molecule has 2 heterocycles. The second kappa shape index (κ2) is 9.14. The van der Waals surface area contributed by atoms with Gasteiger partial charge in [-0.25, -0.2) is 4.98 Å². The van der Waals surface area contributed by atoms with Gasteiger partial charge in [0.05, 0.1) is 18.3 Å². The van der Waals surface area contributed by atoms with E-state index >= 15 is 0 Å². The Kier molecular flexibility index (Phi) is 6.63. The minimum atomic E-state index is 0.395. The Morgan fingerprint density at radius 1 is 1.31 bits per heavy atom. The monoisotopic (exact) mass is 372 g/mol. The van der Waals surface area contributed by atoms with Gasteiger partial charge in [-0.2, -0.15) is 0 Å². The minimum absolute atomic E-state index is 0.395. The second-order valence-corrected chi connectivity index (χ2v) is 7.52. The Bertz CT molecular complexity index is 721. The molecular formula is C20H28N4OS. The van der Waals surface area contributed by atoms with E-state index < -0.39 is 0 Å². The van der Waals surface area contributed by atoms with Crippen molar-refractivity contribution in [1.29, 1.82) is 0 Å². The maximum Gasteiger partial charge on any atom is 0.193 e. The summed E-state index contributed by atoms with van der Waals surface area (Å²) in [5.74, 6) is 0.967. The van der Waals surface area contributed by atoms with Gasteiger partial charge in [-0.1, -0.05) is 30.3 Å². The zero-order valence-electron chi connectivity index (χ0n) is 15.9. The summed E-state index contributed by atoms with van der Waals surface area (Å²) >= 11 is 1.75. The van der Waals surface area contributed by atoms with Crippen molar-refractivity contribution in [2.45, 2.75) is 39.3 Å². The number of ether oxygens (including phenoxy) is 1. The van der Waals surface area contributed by atoms with Gasteiger partial charge in [0, 0.05) is 37.2 Å². The Hall–Kier alpha value is -1.92. The van der Waals surface area contributed by atoms with Gasteiger partial charge in [-0.3, -0.25) is 4.99 Å². The highest BCUT2D eigenvalue weighted by atomic mass is 32.1. The molecule has 0 bridgehead atoms. The molecular weight excluding hydrogens is 344 g/mol. The van der Waals surface area contributed by atoms with Crippen LogP contribution in [0.1, 0.15) is 30.3 Å². The molecule has 3 rings (SSSR count). The van der Waals surface area contributed by atoms with Crippen molar-refractivity contribution in [1.82, 2.24) is 15.2 Å². The molecule has 1 aromatic carbocycles. The van der Waals surface area contributed by atoms with Gasteiger partial charge >= 0.3 is 0 Å². The molecule has 1 N–H and O–H groups in total. The van der Waals surface area contributed by atoms with E-state index in [1.807, 2.05) is 13.1 Å². The minimum Gasteiger partial charge on any atom is -0.378 e. The standard InChI is InChI=1S/C20H28N4OS/c1-4-25-17-10-12-24(13-11-17)20(21-3)22-14-18-15(2)23-19(26-18)16-8-6-5-7-9-16/h5-9,17H,4,10-14H2,1-3H3,(H,21,22). The first-order chi connectivity index (χ1) is 12.7. The summed E-state index contributed by atoms with van der Waals surface area (Å²) in [6.07, 6.45) is 2.52. The lowest BCUT2D eigenvalue weighted by molar-refractivity contribution is 0.0263. The summed E-state index contributed by atoms with van der Waals surface area (Å²) in [7, 11) is 1.85. The molecule has 0 unspecified atom stereocenters. The van der Waals surface area contributed by atoms with Crippen molar-refractivity contribution in [2.24, 2.45) is 4.99 Å². The number of hydrogen-bond donors (Lipinski definition) is 1. The summed E-state index contributed by atoms with van der Waals surface area (Å²) in [6.45, 7) is 7.67. The number of aliphatic imine (C=N–C) groups is 1. The molecule has 26 heavy (non-hydrogen) atoms. The molecule has 140 valence electrons. The zero-order valence-corrected chi connectivity index (χ0v) is 16.7. The number of nitrogens with zero attached hydrogens (tertiary/aromatic N) is 3. The van der Waals surface area contributed by atoms with Crippen LogP contribution in [0.25, 0.3) is 10.6 Å². The van der Waals surface area contributed by atoms with E-state index in [9.17, 15) is 0 Å². The van der Waals surface area contributed by atoms with E-state index in [1.165, 1.54) is 10.4 Å². The van der Waals surface area contributed by atoms with E-state index in [2.05, 4.69) is 53.3 Å². The van der Waals surface area contributed by atoms with Gasteiger partial charge in [0.15, 0.2) is 5.96 Å². The Morgan fingerprint density at radius 2 is 2.04 bits per heavy atom. The topological polar surface area (TPSA) is 49.8 Å². The summed E-state index contributed by atoms with van der Waals surface area (Å²) in [5.41, 5.74) is 2.26. The van der Waals surface area contributed by atoms with E-state index in [0.717, 1.165) is 55.7 Å². The van der Waals surface area contributed by atoms with Crippen LogP contribution in [0.15, 0.2) is 35.3 Å². The molecule has 0 saturated carbocycles. The SMILES string of the molecule is CCOC1CCN(C(=NC)NCc2sc(-c3ccccc3)nc2C)CC1. The highest BCUT2D eigenvalue weighted by molar-refractivity contribution is 7.15. The van der Waals surface area contributed by atoms with Gasteiger partial charge in [-0.05, 0) is 26.7 Å². The molecule has 0 spiro atoms. The fraction of sp³-hybridized carbons (Fsp3) is 0.500. The number of guanidine groups is 1. The van der Waals surface area contributed by atoms with Gasteiger partial charge < -0.3 is 15.0 Å². The quantitative estimate of drug-likeness (QED) is 0.642. The molecule has 0 atom stereocenters. The predicted molar refractivity (Wildman–Crippen MR) is 109 cm³/mol. The normalized spacial score (nSPS) is 16.1. The summed E-state index contributed by atoms with van der Waals surface area (Å²) in [5, 5.41) is 4.59. The van der Waals surface area contributed by atoms with Crippen molar-refractivity contribution in [3.8, 4) is 10.6 Å². The summed E-state index contributed by atoms with van der Waals surface area (Å²) in [6, 6.07) is 10.4. The number of aromatic nitrogens is 1. The van der Waals surface area contributed by atoms with Crippen LogP contribution in [0.5, 0.6) is 0 Å². The van der Waals surface area contributed by atoms with Crippen LogP contribution >= 0.6 is 11.3 Å². The van der Waals surface area contributed by atoms with Crippen molar-refractivity contribution in [3.63, 3.8) is 0 Å². The lowest BCUT2D eigenvalue weighted by atomic mass is 10.1. The molecule has 1 aliphatic rings. The Morgan fingerprint density at radius 3 is 2.69 bits per heavy atom. The lowest BCUT2D eigenvalue weighted by Crippen LogP contribution is -2.46. The van der Waals surface area contributed by atoms with E-state index in [4.69, 9.17) is 9.72 Å². The van der Waals surface area contributed by atoms with Crippen LogP contribution in [0.3, 0.4) is 0 Å². The lowest BCUT2D eigenvalue weighted by Gasteiger charge is -2.34. The highest BCUT2D eigenvalue weighted by Crippen LogP contribution is 2.27. The molecule has 1 fully saturated rings. The Balaban J connectivity index is 1.59. The van der Waals surface area contributed by atoms with Crippen molar-refractivity contribution < 1.29 is 4.74 Å². The van der Waals surface area contributed by atoms with Gasteiger partial charge in [-0.15, -0.1) is 11.3 Å². The molecule has 5 nitrogen and oxygen atoms in total. The first-order valence-electron chi connectivity index (χ1n) is 9.30. The molecule has 2 aromatic rings.